The van der Waals surface area contributed by atoms with Gasteiger partial charge in [-0.05, 0) is 45.9 Å². The van der Waals surface area contributed by atoms with Gasteiger partial charge in [0.2, 0.25) is 0 Å². The predicted molar refractivity (Wildman–Crippen MR) is 82.6 cm³/mol. The third-order valence-electron chi connectivity index (χ3n) is 2.51. The van der Waals surface area contributed by atoms with E-state index in [0.717, 1.165) is 14.6 Å². The summed E-state index contributed by atoms with van der Waals surface area (Å²) in [6.45, 7) is 0. The van der Waals surface area contributed by atoms with Crippen molar-refractivity contribution in [2.24, 2.45) is 0 Å². The number of fused-ring (bicyclic) bond motifs is 1. The monoisotopic (exact) mass is 366 g/mol. The van der Waals surface area contributed by atoms with E-state index in [9.17, 15) is 9.90 Å². The Morgan fingerprint density at radius 1 is 1.35 bits per heavy atom. The van der Waals surface area contributed by atoms with Gasteiger partial charge in [0.1, 0.15) is 5.03 Å². The van der Waals surface area contributed by atoms with Crippen LogP contribution in [-0.4, -0.2) is 21.0 Å². The third kappa shape index (κ3) is 2.70. The second-order valence-corrected chi connectivity index (χ2v) is 7.04. The highest BCUT2D eigenvalue weighted by atomic mass is 79.9. The molecular formula is C13H7BrN2O2S2. The van der Waals surface area contributed by atoms with E-state index in [-0.39, 0.29) is 5.56 Å². The average molecular weight is 367 g/mol. The summed E-state index contributed by atoms with van der Waals surface area (Å²) in [4.78, 5) is 19.9. The summed E-state index contributed by atoms with van der Waals surface area (Å²) in [5.41, 5.74) is 1.08. The SMILES string of the molecule is O=C(O)c1cc(Br)cnc1Sc1nc2ccccc2s1. The van der Waals surface area contributed by atoms with E-state index in [2.05, 4.69) is 25.9 Å². The van der Waals surface area contributed by atoms with Crippen LogP contribution in [0.3, 0.4) is 0 Å². The van der Waals surface area contributed by atoms with E-state index < -0.39 is 5.97 Å². The Hall–Kier alpha value is -1.44. The summed E-state index contributed by atoms with van der Waals surface area (Å²) in [5, 5.41) is 9.66. The number of carboxylic acids is 1. The Morgan fingerprint density at radius 3 is 2.90 bits per heavy atom. The number of thiazole rings is 1. The van der Waals surface area contributed by atoms with Gasteiger partial charge in [-0.3, -0.25) is 0 Å². The van der Waals surface area contributed by atoms with Crippen molar-refractivity contribution >= 4 is 55.2 Å². The van der Waals surface area contributed by atoms with Gasteiger partial charge in [-0.25, -0.2) is 14.8 Å². The smallest absolute Gasteiger partial charge is 0.338 e. The number of carbonyl (C=O) groups is 1. The molecule has 0 aliphatic carbocycles. The Labute approximate surface area is 131 Å². The van der Waals surface area contributed by atoms with Crippen LogP contribution in [0.25, 0.3) is 10.2 Å². The first kappa shape index (κ1) is 13.5. The fourth-order valence-corrected chi connectivity index (χ4v) is 4.01. The van der Waals surface area contributed by atoms with Crippen LogP contribution in [0, 0.1) is 0 Å². The molecule has 20 heavy (non-hydrogen) atoms. The maximum Gasteiger partial charge on any atom is 0.338 e. The van der Waals surface area contributed by atoms with Gasteiger partial charge in [-0.2, -0.15) is 0 Å². The predicted octanol–water partition coefficient (Wildman–Crippen LogP) is 4.30. The summed E-state index contributed by atoms with van der Waals surface area (Å²) in [5.74, 6) is -0.998. The number of halogens is 1. The molecule has 0 unspecified atom stereocenters. The van der Waals surface area contributed by atoms with Crippen LogP contribution >= 0.6 is 39.0 Å². The number of rotatable bonds is 3. The van der Waals surface area contributed by atoms with E-state index in [1.165, 1.54) is 23.1 Å². The summed E-state index contributed by atoms with van der Waals surface area (Å²) >= 11 is 6.03. The first-order valence-electron chi connectivity index (χ1n) is 5.56. The van der Waals surface area contributed by atoms with Crippen molar-refractivity contribution in [2.45, 2.75) is 9.37 Å². The largest absolute Gasteiger partial charge is 0.478 e. The summed E-state index contributed by atoms with van der Waals surface area (Å²) in [7, 11) is 0. The lowest BCUT2D eigenvalue weighted by molar-refractivity contribution is 0.0692. The molecule has 0 aliphatic heterocycles. The lowest BCUT2D eigenvalue weighted by Gasteiger charge is -2.02. The number of carboxylic acid groups (broad SMARTS) is 1. The van der Waals surface area contributed by atoms with Crippen LogP contribution in [-0.2, 0) is 0 Å². The molecule has 3 rings (SSSR count). The number of benzene rings is 1. The van der Waals surface area contributed by atoms with E-state index in [1.807, 2.05) is 24.3 Å². The van der Waals surface area contributed by atoms with E-state index in [4.69, 9.17) is 0 Å². The zero-order chi connectivity index (χ0) is 14.1. The molecule has 0 atom stereocenters. The molecular weight excluding hydrogens is 360 g/mol. The number of nitrogens with zero attached hydrogens (tertiary/aromatic N) is 2. The molecule has 2 heterocycles. The maximum atomic E-state index is 11.2. The fraction of sp³-hybridized carbons (Fsp3) is 0. The Morgan fingerprint density at radius 2 is 2.15 bits per heavy atom. The highest BCUT2D eigenvalue weighted by molar-refractivity contribution is 9.10. The van der Waals surface area contributed by atoms with Gasteiger partial charge in [0.25, 0.3) is 0 Å². The van der Waals surface area contributed by atoms with Gasteiger partial charge >= 0.3 is 5.97 Å². The van der Waals surface area contributed by atoms with E-state index >= 15 is 0 Å². The van der Waals surface area contributed by atoms with Crippen LogP contribution in [0.2, 0.25) is 0 Å². The average Bonchev–Trinajstić information content (AvgIpc) is 2.82. The van der Waals surface area contributed by atoms with Crippen molar-refractivity contribution in [2.75, 3.05) is 0 Å². The van der Waals surface area contributed by atoms with Gasteiger partial charge in [-0.1, -0.05) is 12.1 Å². The zero-order valence-electron chi connectivity index (χ0n) is 9.91. The van der Waals surface area contributed by atoms with Gasteiger partial charge < -0.3 is 5.11 Å². The number of aromatic nitrogens is 2. The molecule has 0 saturated heterocycles. The number of aromatic carboxylic acids is 1. The molecule has 0 bridgehead atoms. The summed E-state index contributed by atoms with van der Waals surface area (Å²) in [6, 6.07) is 9.35. The van der Waals surface area contributed by atoms with Crippen LogP contribution < -0.4 is 0 Å². The second-order valence-electron chi connectivity index (χ2n) is 3.86. The molecule has 0 fully saturated rings. The molecule has 0 amide bonds. The van der Waals surface area contributed by atoms with Crippen molar-refractivity contribution in [3.8, 4) is 0 Å². The fourth-order valence-electron chi connectivity index (χ4n) is 1.64. The van der Waals surface area contributed by atoms with Crippen LogP contribution in [0.1, 0.15) is 10.4 Å². The number of pyridine rings is 1. The Kier molecular flexibility index (Phi) is 3.73. The molecule has 3 aromatic rings. The van der Waals surface area contributed by atoms with Crippen LogP contribution in [0.4, 0.5) is 0 Å². The normalized spacial score (nSPS) is 10.8. The quantitative estimate of drug-likeness (QED) is 0.748. The minimum absolute atomic E-state index is 0.170. The van der Waals surface area contributed by atoms with Crippen molar-refractivity contribution < 1.29 is 9.90 Å². The Balaban J connectivity index is 2.00. The molecule has 0 spiro atoms. The molecule has 0 radical (unpaired) electrons. The minimum atomic E-state index is -0.998. The van der Waals surface area contributed by atoms with Gasteiger partial charge in [-0.15, -0.1) is 11.3 Å². The zero-order valence-corrected chi connectivity index (χ0v) is 13.1. The number of hydrogen-bond acceptors (Lipinski definition) is 5. The van der Waals surface area contributed by atoms with Crippen LogP contribution in [0.15, 0.2) is 50.4 Å². The highest BCUT2D eigenvalue weighted by Crippen LogP contribution is 2.35. The summed E-state index contributed by atoms with van der Waals surface area (Å²) in [6.07, 6.45) is 1.59. The molecule has 1 N–H and O–H groups in total. The van der Waals surface area contributed by atoms with Crippen LogP contribution in [0.5, 0.6) is 0 Å². The van der Waals surface area contributed by atoms with Gasteiger partial charge in [0.15, 0.2) is 4.34 Å². The first-order valence-corrected chi connectivity index (χ1v) is 7.98. The lowest BCUT2D eigenvalue weighted by atomic mass is 10.3. The second kappa shape index (κ2) is 5.51. The molecule has 2 aromatic heterocycles. The number of para-hydroxylation sites is 1. The lowest BCUT2D eigenvalue weighted by Crippen LogP contribution is -2.00. The van der Waals surface area contributed by atoms with Crippen molar-refractivity contribution in [1.82, 2.24) is 9.97 Å². The van der Waals surface area contributed by atoms with Crippen molar-refractivity contribution in [3.63, 3.8) is 0 Å². The third-order valence-corrected chi connectivity index (χ3v) is 5.06. The Bertz CT molecular complexity index is 771. The van der Waals surface area contributed by atoms with Crippen molar-refractivity contribution in [3.05, 3.63) is 46.6 Å². The molecule has 7 heteroatoms. The minimum Gasteiger partial charge on any atom is -0.478 e. The van der Waals surface area contributed by atoms with Crippen molar-refractivity contribution in [1.29, 1.82) is 0 Å². The van der Waals surface area contributed by atoms with Gasteiger partial charge in [0, 0.05) is 10.7 Å². The van der Waals surface area contributed by atoms with E-state index in [1.54, 1.807) is 12.3 Å². The highest BCUT2D eigenvalue weighted by Gasteiger charge is 2.15. The molecule has 4 nitrogen and oxygen atoms in total. The first-order chi connectivity index (χ1) is 9.63. The van der Waals surface area contributed by atoms with E-state index in [0.29, 0.717) is 9.50 Å². The maximum absolute atomic E-state index is 11.2. The molecule has 100 valence electrons. The number of hydrogen-bond donors (Lipinski definition) is 1. The van der Waals surface area contributed by atoms with Gasteiger partial charge in [0.05, 0.1) is 15.8 Å². The topological polar surface area (TPSA) is 63.1 Å². The molecule has 0 saturated carbocycles. The standard InChI is InChI=1S/C13H7BrN2O2S2/c14-7-5-8(12(17)18)11(15-6-7)20-13-16-9-3-1-2-4-10(9)19-13/h1-6H,(H,17,18). The summed E-state index contributed by atoms with van der Waals surface area (Å²) < 4.78 is 2.50. The molecule has 1 aromatic carbocycles. The molecule has 0 aliphatic rings.